The van der Waals surface area contributed by atoms with Gasteiger partial charge in [0.05, 0.1) is 35.9 Å². The van der Waals surface area contributed by atoms with E-state index in [1.807, 2.05) is 65.5 Å². The van der Waals surface area contributed by atoms with E-state index in [0.717, 1.165) is 27.7 Å². The lowest BCUT2D eigenvalue weighted by atomic mass is 10.1. The van der Waals surface area contributed by atoms with Gasteiger partial charge in [-0.2, -0.15) is 0 Å². The molecule has 2 heterocycles. The molecule has 0 saturated carbocycles. The molecule has 0 radical (unpaired) electrons. The van der Waals surface area contributed by atoms with E-state index >= 15 is 0 Å². The van der Waals surface area contributed by atoms with Crippen LogP contribution in [0.25, 0.3) is 27.7 Å². The number of hydrogen-bond donors (Lipinski definition) is 0. The van der Waals surface area contributed by atoms with Gasteiger partial charge in [-0.25, -0.2) is 4.98 Å². The number of benzene rings is 3. The lowest BCUT2D eigenvalue weighted by Gasteiger charge is -2.28. The predicted molar refractivity (Wildman–Crippen MR) is 131 cm³/mol. The van der Waals surface area contributed by atoms with Crippen LogP contribution in [0.4, 0.5) is 11.4 Å². The number of fused-ring (bicyclic) bond motifs is 1. The molecule has 0 aliphatic heterocycles. The minimum absolute atomic E-state index is 0.475. The number of hydrogen-bond acceptors (Lipinski definition) is 4. The van der Waals surface area contributed by atoms with E-state index in [1.165, 1.54) is 4.31 Å². The quantitative estimate of drug-likeness (QED) is 0.312. The molecule has 5 aromatic rings. The Balaban J connectivity index is 1.62. The number of anilines is 2. The van der Waals surface area contributed by atoms with Crippen molar-refractivity contribution in [1.29, 1.82) is 0 Å². The van der Waals surface area contributed by atoms with Gasteiger partial charge in [-0.05, 0) is 41.5 Å². The van der Waals surface area contributed by atoms with Crippen molar-refractivity contribution in [3.8, 4) is 22.7 Å². The second kappa shape index (κ2) is 8.90. The van der Waals surface area contributed by atoms with Crippen molar-refractivity contribution in [2.75, 3.05) is 11.4 Å². The van der Waals surface area contributed by atoms with Crippen molar-refractivity contribution in [3.63, 3.8) is 0 Å². The summed E-state index contributed by atoms with van der Waals surface area (Å²) in [5.41, 5.74) is 3.16. The SMILES string of the molecule is COc1ccc(N(c2cnc(-n3ccc(-c4ccccc4)c3)c3ccccc23)S(=O)[O-])cc1. The van der Waals surface area contributed by atoms with E-state index in [9.17, 15) is 8.76 Å². The molecular formula is C26H20N3O3S-. The van der Waals surface area contributed by atoms with E-state index in [4.69, 9.17) is 4.74 Å². The predicted octanol–water partition coefficient (Wildman–Crippen LogP) is 5.63. The van der Waals surface area contributed by atoms with E-state index < -0.39 is 11.3 Å². The van der Waals surface area contributed by atoms with Crippen LogP contribution in [0.1, 0.15) is 0 Å². The summed E-state index contributed by atoms with van der Waals surface area (Å²) in [5, 5.41) is 1.62. The maximum Gasteiger partial charge on any atom is 0.144 e. The van der Waals surface area contributed by atoms with Crippen molar-refractivity contribution in [2.45, 2.75) is 0 Å². The molecule has 0 aliphatic carbocycles. The Morgan fingerprint density at radius 1 is 0.879 bits per heavy atom. The molecule has 164 valence electrons. The van der Waals surface area contributed by atoms with Crippen LogP contribution in [0.15, 0.2) is 104 Å². The lowest BCUT2D eigenvalue weighted by molar-refractivity contribution is 0.415. The highest BCUT2D eigenvalue weighted by Crippen LogP contribution is 2.36. The van der Waals surface area contributed by atoms with E-state index in [2.05, 4.69) is 17.1 Å². The maximum absolute atomic E-state index is 12.3. The summed E-state index contributed by atoms with van der Waals surface area (Å²) in [6, 6.07) is 26.7. The zero-order valence-electron chi connectivity index (χ0n) is 17.8. The summed E-state index contributed by atoms with van der Waals surface area (Å²) in [5.74, 6) is 1.37. The summed E-state index contributed by atoms with van der Waals surface area (Å²) in [4.78, 5) is 4.67. The topological polar surface area (TPSA) is 70.4 Å². The Morgan fingerprint density at radius 2 is 1.58 bits per heavy atom. The molecule has 0 amide bonds. The molecule has 6 nitrogen and oxygen atoms in total. The van der Waals surface area contributed by atoms with Crippen molar-refractivity contribution < 1.29 is 13.5 Å². The van der Waals surface area contributed by atoms with Crippen molar-refractivity contribution >= 4 is 33.4 Å². The van der Waals surface area contributed by atoms with Gasteiger partial charge in [-0.15, -0.1) is 0 Å². The zero-order chi connectivity index (χ0) is 22.8. The Bertz CT molecular complexity index is 1430. The molecule has 0 bridgehead atoms. The third kappa shape index (κ3) is 4.00. The molecule has 0 fully saturated rings. The molecule has 33 heavy (non-hydrogen) atoms. The summed E-state index contributed by atoms with van der Waals surface area (Å²) in [7, 11) is 1.57. The Morgan fingerprint density at radius 3 is 2.27 bits per heavy atom. The molecule has 0 N–H and O–H groups in total. The maximum atomic E-state index is 12.3. The fourth-order valence-corrected chi connectivity index (χ4v) is 4.48. The van der Waals surface area contributed by atoms with Gasteiger partial charge in [-0.1, -0.05) is 54.6 Å². The van der Waals surface area contributed by atoms with Gasteiger partial charge in [0.15, 0.2) is 0 Å². The Hall–Kier alpha value is -3.94. The normalized spacial score (nSPS) is 11.9. The van der Waals surface area contributed by atoms with Gasteiger partial charge in [0.25, 0.3) is 0 Å². The molecule has 5 rings (SSSR count). The largest absolute Gasteiger partial charge is 0.755 e. The number of ether oxygens (including phenoxy) is 1. The van der Waals surface area contributed by atoms with Gasteiger partial charge in [0.1, 0.15) is 11.6 Å². The molecule has 7 heteroatoms. The number of rotatable bonds is 6. The summed E-state index contributed by atoms with van der Waals surface area (Å²) in [6.45, 7) is 0. The average Bonchev–Trinajstić information content (AvgIpc) is 3.35. The number of nitrogens with zero attached hydrogens (tertiary/aromatic N) is 3. The van der Waals surface area contributed by atoms with Crippen molar-refractivity contribution in [2.24, 2.45) is 0 Å². The van der Waals surface area contributed by atoms with Crippen LogP contribution in [0.2, 0.25) is 0 Å². The van der Waals surface area contributed by atoms with Gasteiger partial charge < -0.3 is 13.9 Å². The average molecular weight is 455 g/mol. The summed E-state index contributed by atoms with van der Waals surface area (Å²) < 4.78 is 32.9. The van der Waals surface area contributed by atoms with Crippen molar-refractivity contribution in [1.82, 2.24) is 9.55 Å². The van der Waals surface area contributed by atoms with Crippen LogP contribution >= 0.6 is 0 Å². The minimum Gasteiger partial charge on any atom is -0.755 e. The molecule has 0 aliphatic rings. The Kier molecular flexibility index (Phi) is 5.64. The van der Waals surface area contributed by atoms with Gasteiger partial charge in [0.2, 0.25) is 0 Å². The standard InChI is InChI=1S/C26H21N3O3S/c1-32-22-13-11-21(12-14-22)29(33(30)31)25-17-27-26(24-10-6-5-9-23(24)25)28-16-15-20(18-28)19-7-3-2-4-8-19/h2-18H,1H3,(H,30,31)/p-1. The van der Waals surface area contributed by atoms with Crippen LogP contribution in [0, 0.1) is 0 Å². The van der Waals surface area contributed by atoms with Crippen LogP contribution in [-0.4, -0.2) is 25.4 Å². The first-order valence-electron chi connectivity index (χ1n) is 10.3. The first-order valence-corrected chi connectivity index (χ1v) is 11.3. The molecule has 1 unspecified atom stereocenters. The molecule has 2 aromatic heterocycles. The molecule has 1 atom stereocenters. The first-order chi connectivity index (χ1) is 16.2. The highest BCUT2D eigenvalue weighted by atomic mass is 32.2. The van der Waals surface area contributed by atoms with Gasteiger partial charge in [-0.3, -0.25) is 8.51 Å². The third-order valence-corrected chi connectivity index (χ3v) is 6.18. The summed E-state index contributed by atoms with van der Waals surface area (Å²) >= 11 is -2.55. The highest BCUT2D eigenvalue weighted by Gasteiger charge is 2.17. The fraction of sp³-hybridized carbons (Fsp3) is 0.0385. The van der Waals surface area contributed by atoms with Crippen LogP contribution in [0.5, 0.6) is 5.75 Å². The third-order valence-electron chi connectivity index (χ3n) is 5.47. The Labute approximate surface area is 194 Å². The van der Waals surface area contributed by atoms with Crippen LogP contribution in [-0.2, 0) is 11.3 Å². The second-order valence-electron chi connectivity index (χ2n) is 7.40. The van der Waals surface area contributed by atoms with Crippen LogP contribution in [0.3, 0.4) is 0 Å². The first kappa shape index (κ1) is 20.9. The molecule has 0 saturated heterocycles. The zero-order valence-corrected chi connectivity index (χ0v) is 18.6. The molecule has 3 aromatic carbocycles. The molecular weight excluding hydrogens is 434 g/mol. The van der Waals surface area contributed by atoms with E-state index in [0.29, 0.717) is 17.1 Å². The fourth-order valence-electron chi connectivity index (χ4n) is 3.88. The smallest absolute Gasteiger partial charge is 0.144 e. The van der Waals surface area contributed by atoms with E-state index in [1.54, 1.807) is 37.6 Å². The lowest BCUT2D eigenvalue weighted by Crippen LogP contribution is -2.20. The minimum atomic E-state index is -2.55. The number of aromatic nitrogens is 2. The second-order valence-corrected chi connectivity index (χ2v) is 8.19. The highest BCUT2D eigenvalue weighted by molar-refractivity contribution is 7.81. The van der Waals surface area contributed by atoms with E-state index in [-0.39, 0.29) is 0 Å². The summed E-state index contributed by atoms with van der Waals surface area (Å²) in [6.07, 6.45) is 5.58. The van der Waals surface area contributed by atoms with Crippen molar-refractivity contribution in [3.05, 3.63) is 104 Å². The monoisotopic (exact) mass is 454 g/mol. The van der Waals surface area contributed by atoms with Crippen LogP contribution < -0.4 is 9.04 Å². The van der Waals surface area contributed by atoms with Gasteiger partial charge >= 0.3 is 0 Å². The number of pyridine rings is 1. The number of methoxy groups -OCH3 is 1. The van der Waals surface area contributed by atoms with Gasteiger partial charge in [0, 0.05) is 23.2 Å². The molecule has 0 spiro atoms.